The third-order valence-corrected chi connectivity index (χ3v) is 7.59. The first-order valence-electron chi connectivity index (χ1n) is 15.8. The molecule has 0 saturated carbocycles. The van der Waals surface area contributed by atoms with Crippen molar-refractivity contribution < 1.29 is 9.13 Å². The van der Waals surface area contributed by atoms with Gasteiger partial charge in [-0.2, -0.15) is 0 Å². The fourth-order valence-corrected chi connectivity index (χ4v) is 5.23. The summed E-state index contributed by atoms with van der Waals surface area (Å²) in [6.45, 7) is 6.86. The largest absolute Gasteiger partial charge is 0.205 e. The highest BCUT2D eigenvalue weighted by Gasteiger charge is 2.09. The quantitative estimate of drug-likeness (QED) is 0.107. The Morgan fingerprint density at radius 3 is 1.06 bits per heavy atom. The van der Waals surface area contributed by atoms with Gasteiger partial charge in [0.1, 0.15) is 13.1 Å². The molecule has 0 aromatic carbocycles. The Bertz CT molecular complexity index is 704. The van der Waals surface area contributed by atoms with Crippen LogP contribution in [-0.4, -0.2) is 0 Å². The van der Waals surface area contributed by atoms with Gasteiger partial charge < -0.3 is 0 Å². The molecule has 0 aliphatic rings. The second-order valence-electron chi connectivity index (χ2n) is 11.0. The summed E-state index contributed by atoms with van der Waals surface area (Å²) in [5, 5.41) is 0. The van der Waals surface area contributed by atoms with Gasteiger partial charge in [0.15, 0.2) is 24.8 Å². The van der Waals surface area contributed by atoms with Gasteiger partial charge in [0, 0.05) is 25.0 Å². The molecule has 0 radical (unpaired) electrons. The van der Waals surface area contributed by atoms with Crippen molar-refractivity contribution in [2.45, 2.75) is 155 Å². The Morgan fingerprint density at radius 2 is 0.722 bits per heavy atom. The Kier molecular flexibility index (Phi) is 18.1. The van der Waals surface area contributed by atoms with Crippen LogP contribution in [0.3, 0.4) is 0 Å². The molecule has 2 aromatic rings. The minimum atomic E-state index is 1.13. The minimum Gasteiger partial charge on any atom is -0.205 e. The highest BCUT2D eigenvalue weighted by atomic mass is 14.9. The molecule has 0 unspecified atom stereocenters. The van der Waals surface area contributed by atoms with Crippen molar-refractivity contribution >= 4 is 0 Å². The van der Waals surface area contributed by atoms with Crippen molar-refractivity contribution in [3.8, 4) is 11.1 Å². The number of hydrogen-bond acceptors (Lipinski definition) is 0. The van der Waals surface area contributed by atoms with E-state index < -0.39 is 0 Å². The van der Waals surface area contributed by atoms with Crippen LogP contribution in [0.15, 0.2) is 49.1 Å². The molecule has 202 valence electrons. The number of aryl methyl sites for hydroxylation is 2. The Balaban J connectivity index is 1.62. The first kappa shape index (κ1) is 30.5. The van der Waals surface area contributed by atoms with Gasteiger partial charge in [-0.15, -0.1) is 0 Å². The number of hydrogen-bond donors (Lipinski definition) is 0. The number of aromatic nitrogens is 2. The Morgan fingerprint density at radius 1 is 0.417 bits per heavy atom. The second kappa shape index (κ2) is 21.4. The molecule has 0 fully saturated rings. The molecular weight excluding hydrogens is 436 g/mol. The molecule has 2 heteroatoms. The monoisotopic (exact) mass is 494 g/mol. The maximum absolute atomic E-state index is 2.39. The summed E-state index contributed by atoms with van der Waals surface area (Å²) in [6.07, 6.45) is 37.1. The topological polar surface area (TPSA) is 7.76 Å². The molecule has 0 aliphatic carbocycles. The van der Waals surface area contributed by atoms with E-state index in [0.29, 0.717) is 0 Å². The molecule has 0 bridgehead atoms. The Hall–Kier alpha value is -1.70. The molecule has 2 aromatic heterocycles. The average Bonchev–Trinajstić information content (AvgIpc) is 2.91. The lowest BCUT2D eigenvalue weighted by atomic mass is 10.1. The van der Waals surface area contributed by atoms with E-state index in [1.54, 1.807) is 0 Å². The van der Waals surface area contributed by atoms with Crippen LogP contribution in [0.2, 0.25) is 0 Å². The highest BCUT2D eigenvalue weighted by molar-refractivity contribution is 5.59. The van der Waals surface area contributed by atoms with Crippen molar-refractivity contribution in [3.05, 3.63) is 49.1 Å². The maximum Gasteiger partial charge on any atom is 0.176 e. The van der Waals surface area contributed by atoms with Crippen molar-refractivity contribution in [1.29, 1.82) is 0 Å². The average molecular weight is 495 g/mol. The molecule has 0 aliphatic heterocycles. The lowest BCUT2D eigenvalue weighted by molar-refractivity contribution is -0.698. The molecule has 0 N–H and O–H groups in total. The van der Waals surface area contributed by atoms with Gasteiger partial charge in [0.25, 0.3) is 0 Å². The van der Waals surface area contributed by atoms with E-state index in [1.807, 2.05) is 0 Å². The van der Waals surface area contributed by atoms with E-state index in [0.717, 1.165) is 13.1 Å². The van der Waals surface area contributed by atoms with Crippen LogP contribution in [0, 0.1) is 0 Å². The smallest absolute Gasteiger partial charge is 0.176 e. The van der Waals surface area contributed by atoms with Crippen LogP contribution in [0.1, 0.15) is 142 Å². The second-order valence-corrected chi connectivity index (χ2v) is 11.0. The van der Waals surface area contributed by atoms with Gasteiger partial charge in [0.05, 0.1) is 11.1 Å². The summed E-state index contributed by atoms with van der Waals surface area (Å²) in [4.78, 5) is 0. The maximum atomic E-state index is 2.39. The summed E-state index contributed by atoms with van der Waals surface area (Å²) in [5.74, 6) is 0. The summed E-state index contributed by atoms with van der Waals surface area (Å²) < 4.78 is 4.78. The number of rotatable bonds is 23. The minimum absolute atomic E-state index is 1.13. The first-order chi connectivity index (χ1) is 17.8. The zero-order valence-electron chi connectivity index (χ0n) is 24.1. The van der Waals surface area contributed by atoms with Gasteiger partial charge in [0.2, 0.25) is 0 Å². The first-order valence-corrected chi connectivity index (χ1v) is 15.8. The summed E-state index contributed by atoms with van der Waals surface area (Å²) in [6, 6.07) is 8.95. The number of pyridine rings is 2. The predicted octanol–water partition coefficient (Wildman–Crippen LogP) is 9.77. The van der Waals surface area contributed by atoms with Gasteiger partial charge in [-0.1, -0.05) is 117 Å². The molecule has 2 nitrogen and oxygen atoms in total. The van der Waals surface area contributed by atoms with E-state index in [4.69, 9.17) is 0 Å². The van der Waals surface area contributed by atoms with Gasteiger partial charge in [-0.25, -0.2) is 9.13 Å². The fourth-order valence-electron chi connectivity index (χ4n) is 5.23. The Labute approximate surface area is 224 Å². The number of unbranched alkanes of at least 4 members (excludes halogenated alkanes) is 18. The standard InChI is InChI=1S/C34H58N2/c1-3-5-7-9-11-13-15-17-19-21-27-35-29-23-25-33(31-35)34-26-24-30-36(32-34)28-22-20-18-16-14-12-10-8-6-4-2/h23-26,29-32H,3-22,27-28H2,1-2H3/q+2. The normalized spacial score (nSPS) is 11.3. The number of nitrogens with zero attached hydrogens (tertiary/aromatic N) is 2. The van der Waals surface area contributed by atoms with E-state index in [-0.39, 0.29) is 0 Å². The SMILES string of the molecule is CCCCCCCCCCCC[n+]1cccc(-c2ccc[n+](CCCCCCCCCCCC)c2)c1. The molecule has 0 amide bonds. The zero-order valence-corrected chi connectivity index (χ0v) is 24.1. The molecule has 0 atom stereocenters. The highest BCUT2D eigenvalue weighted by Crippen LogP contribution is 2.16. The molecule has 0 spiro atoms. The van der Waals surface area contributed by atoms with Crippen LogP contribution in [0.25, 0.3) is 11.1 Å². The summed E-state index contributed by atoms with van der Waals surface area (Å²) >= 11 is 0. The third kappa shape index (κ3) is 14.8. The van der Waals surface area contributed by atoms with Crippen LogP contribution in [0.5, 0.6) is 0 Å². The lowest BCUT2D eigenvalue weighted by Gasteiger charge is -2.04. The fraction of sp³-hybridized carbons (Fsp3) is 0.706. The summed E-state index contributed by atoms with van der Waals surface area (Å²) in [7, 11) is 0. The van der Waals surface area contributed by atoms with Crippen molar-refractivity contribution in [2.75, 3.05) is 0 Å². The molecule has 36 heavy (non-hydrogen) atoms. The van der Waals surface area contributed by atoms with Crippen LogP contribution in [-0.2, 0) is 13.1 Å². The third-order valence-electron chi connectivity index (χ3n) is 7.59. The molecule has 2 rings (SSSR count). The van der Waals surface area contributed by atoms with Crippen LogP contribution < -0.4 is 9.13 Å². The van der Waals surface area contributed by atoms with Gasteiger partial charge in [-0.3, -0.25) is 0 Å². The van der Waals surface area contributed by atoms with E-state index in [2.05, 4.69) is 72.0 Å². The van der Waals surface area contributed by atoms with Crippen molar-refractivity contribution in [2.24, 2.45) is 0 Å². The lowest BCUT2D eigenvalue weighted by Crippen LogP contribution is -2.34. The summed E-state index contributed by atoms with van der Waals surface area (Å²) in [5.41, 5.74) is 2.67. The molecular formula is C34H58N2+2. The molecule has 2 heterocycles. The van der Waals surface area contributed by atoms with Gasteiger partial charge >= 0.3 is 0 Å². The van der Waals surface area contributed by atoms with Crippen LogP contribution >= 0.6 is 0 Å². The van der Waals surface area contributed by atoms with Crippen molar-refractivity contribution in [1.82, 2.24) is 0 Å². The van der Waals surface area contributed by atoms with Crippen molar-refractivity contribution in [3.63, 3.8) is 0 Å². The molecule has 0 saturated heterocycles. The van der Waals surface area contributed by atoms with E-state index in [9.17, 15) is 0 Å². The van der Waals surface area contributed by atoms with E-state index in [1.165, 1.54) is 140 Å². The van der Waals surface area contributed by atoms with Crippen LogP contribution in [0.4, 0.5) is 0 Å². The zero-order chi connectivity index (χ0) is 25.5. The van der Waals surface area contributed by atoms with E-state index >= 15 is 0 Å². The predicted molar refractivity (Wildman–Crippen MR) is 156 cm³/mol. The van der Waals surface area contributed by atoms with Gasteiger partial charge in [-0.05, 0) is 25.0 Å².